The highest BCUT2D eigenvalue weighted by atomic mass is 32.1. The number of alkyl carbamates (subject to hydrolysis) is 2. The van der Waals surface area contributed by atoms with Gasteiger partial charge in [-0.25, -0.2) is 38.4 Å². The third-order valence-corrected chi connectivity index (χ3v) is 3.31. The molecule has 0 atom stereocenters. The van der Waals surface area contributed by atoms with E-state index in [1.165, 1.54) is 12.1 Å². The summed E-state index contributed by atoms with van der Waals surface area (Å²) in [6, 6.07) is 4.16. The van der Waals surface area contributed by atoms with Crippen LogP contribution in [0.2, 0.25) is 0 Å². The van der Waals surface area contributed by atoms with Crippen LogP contribution in [0.4, 0.5) is 30.6 Å². The SMILES string of the molecule is COC(=O)NC(=O)N(S)c1ccccc1N(S)C(=O)NC(=O)OC. The Morgan fingerprint density at radius 2 is 1.17 bits per heavy atom. The Labute approximate surface area is 148 Å². The van der Waals surface area contributed by atoms with Gasteiger partial charge in [0.2, 0.25) is 0 Å². The number of thiol groups is 2. The lowest BCUT2D eigenvalue weighted by Crippen LogP contribution is -2.40. The standard InChI is InChI=1S/C12H14N4O6S2/c1-21-11(19)13-9(17)15(23)7-5-3-4-6-8(7)16(24)10(18)14-12(20)22-2/h3-6,23-24H,1-2H3,(H,13,17,19)(H,14,18,20). The maximum Gasteiger partial charge on any atom is 0.415 e. The Morgan fingerprint density at radius 1 is 0.833 bits per heavy atom. The number of methoxy groups -OCH3 is 2. The van der Waals surface area contributed by atoms with Crippen LogP contribution >= 0.6 is 25.6 Å². The van der Waals surface area contributed by atoms with Gasteiger partial charge >= 0.3 is 24.2 Å². The summed E-state index contributed by atoms with van der Waals surface area (Å²) >= 11 is 7.96. The number of imide groups is 2. The summed E-state index contributed by atoms with van der Waals surface area (Å²) in [5.41, 5.74) is 0.217. The molecule has 130 valence electrons. The first-order valence-electron chi connectivity index (χ1n) is 6.16. The van der Waals surface area contributed by atoms with Gasteiger partial charge < -0.3 is 9.47 Å². The van der Waals surface area contributed by atoms with E-state index in [1.807, 2.05) is 10.6 Å². The first-order valence-corrected chi connectivity index (χ1v) is 6.96. The zero-order valence-electron chi connectivity index (χ0n) is 12.5. The number of hydrogen-bond acceptors (Lipinski definition) is 8. The fourth-order valence-electron chi connectivity index (χ4n) is 1.42. The molecule has 0 heterocycles. The van der Waals surface area contributed by atoms with Crippen molar-refractivity contribution in [3.05, 3.63) is 24.3 Å². The number of carbonyl (C=O) groups is 4. The number of rotatable bonds is 2. The molecule has 24 heavy (non-hydrogen) atoms. The molecule has 12 heteroatoms. The van der Waals surface area contributed by atoms with E-state index < -0.39 is 24.2 Å². The second kappa shape index (κ2) is 8.88. The van der Waals surface area contributed by atoms with E-state index in [9.17, 15) is 19.2 Å². The predicted octanol–water partition coefficient (Wildman–Crippen LogP) is 1.94. The summed E-state index contributed by atoms with van der Waals surface area (Å²) < 4.78 is 10.1. The topological polar surface area (TPSA) is 117 Å². The maximum absolute atomic E-state index is 11.9. The van der Waals surface area contributed by atoms with Gasteiger partial charge in [0.05, 0.1) is 25.6 Å². The lowest BCUT2D eigenvalue weighted by Gasteiger charge is -2.23. The number of urea groups is 2. The van der Waals surface area contributed by atoms with Crippen LogP contribution in [0.3, 0.4) is 0 Å². The zero-order valence-corrected chi connectivity index (χ0v) is 14.3. The minimum Gasteiger partial charge on any atom is -0.453 e. The van der Waals surface area contributed by atoms with Gasteiger partial charge in [0, 0.05) is 0 Å². The van der Waals surface area contributed by atoms with Gasteiger partial charge in [-0.15, -0.1) is 0 Å². The van der Waals surface area contributed by atoms with Crippen molar-refractivity contribution in [2.24, 2.45) is 0 Å². The van der Waals surface area contributed by atoms with Crippen molar-refractivity contribution in [1.29, 1.82) is 0 Å². The normalized spacial score (nSPS) is 9.50. The maximum atomic E-state index is 11.9. The highest BCUT2D eigenvalue weighted by molar-refractivity contribution is 7.83. The number of carbonyl (C=O) groups excluding carboxylic acids is 4. The Bertz CT molecular complexity index is 601. The molecule has 0 saturated heterocycles. The van der Waals surface area contributed by atoms with Crippen molar-refractivity contribution in [3.63, 3.8) is 0 Å². The largest absolute Gasteiger partial charge is 0.453 e. The Balaban J connectivity index is 3.02. The van der Waals surface area contributed by atoms with Crippen LogP contribution in [-0.4, -0.2) is 38.5 Å². The van der Waals surface area contributed by atoms with Crippen molar-refractivity contribution >= 4 is 61.3 Å². The summed E-state index contributed by atoms with van der Waals surface area (Å²) in [7, 11) is 2.18. The number of anilines is 2. The highest BCUT2D eigenvalue weighted by Gasteiger charge is 2.23. The molecular weight excluding hydrogens is 360 g/mol. The first kappa shape index (κ1) is 19.4. The predicted molar refractivity (Wildman–Crippen MR) is 91.2 cm³/mol. The summed E-state index contributed by atoms with van der Waals surface area (Å²) in [4.78, 5) is 46.0. The molecule has 0 saturated carbocycles. The minimum atomic E-state index is -0.984. The van der Waals surface area contributed by atoms with E-state index in [4.69, 9.17) is 0 Å². The Morgan fingerprint density at radius 3 is 1.46 bits per heavy atom. The number of hydrogen-bond donors (Lipinski definition) is 4. The van der Waals surface area contributed by atoms with Crippen LogP contribution in [-0.2, 0) is 9.47 Å². The van der Waals surface area contributed by atoms with Gasteiger partial charge in [-0.2, -0.15) is 0 Å². The number of nitrogens with one attached hydrogen (secondary N) is 2. The molecule has 1 rings (SSSR count). The average molecular weight is 374 g/mol. The molecule has 2 N–H and O–H groups in total. The first-order chi connectivity index (χ1) is 11.3. The molecular formula is C12H14N4O6S2. The number of amides is 6. The molecule has 0 aliphatic carbocycles. The van der Waals surface area contributed by atoms with E-state index in [0.29, 0.717) is 0 Å². The summed E-state index contributed by atoms with van der Waals surface area (Å²) in [5, 5.41) is 3.79. The second-order valence-corrected chi connectivity index (χ2v) is 4.76. The van der Waals surface area contributed by atoms with Gasteiger partial charge in [0.1, 0.15) is 0 Å². The van der Waals surface area contributed by atoms with Crippen molar-refractivity contribution in [2.45, 2.75) is 0 Å². The third kappa shape index (κ3) is 4.96. The summed E-state index contributed by atoms with van der Waals surface area (Å²) in [5.74, 6) is 0. The zero-order chi connectivity index (χ0) is 18.3. The van der Waals surface area contributed by atoms with Crippen molar-refractivity contribution in [2.75, 3.05) is 22.8 Å². The van der Waals surface area contributed by atoms with E-state index in [2.05, 4.69) is 35.1 Å². The van der Waals surface area contributed by atoms with E-state index in [1.54, 1.807) is 12.1 Å². The molecule has 0 spiro atoms. The van der Waals surface area contributed by atoms with Gasteiger partial charge in [0.25, 0.3) is 0 Å². The van der Waals surface area contributed by atoms with Crippen LogP contribution in [0, 0.1) is 0 Å². The summed E-state index contributed by atoms with van der Waals surface area (Å²) in [6.45, 7) is 0. The molecule has 0 aromatic heterocycles. The molecule has 0 aliphatic heterocycles. The van der Waals surface area contributed by atoms with Gasteiger partial charge in [-0.1, -0.05) is 37.8 Å². The fraction of sp³-hybridized carbons (Fsp3) is 0.167. The quantitative estimate of drug-likeness (QED) is 0.588. The van der Waals surface area contributed by atoms with Gasteiger partial charge in [-0.3, -0.25) is 0 Å². The van der Waals surface area contributed by atoms with E-state index in [0.717, 1.165) is 22.8 Å². The van der Waals surface area contributed by atoms with Crippen LogP contribution < -0.4 is 19.2 Å². The van der Waals surface area contributed by atoms with Crippen molar-refractivity contribution in [3.8, 4) is 0 Å². The monoisotopic (exact) mass is 374 g/mol. The molecule has 10 nitrogen and oxygen atoms in total. The minimum absolute atomic E-state index is 0.109. The number of para-hydroxylation sites is 2. The van der Waals surface area contributed by atoms with Crippen LogP contribution in [0.1, 0.15) is 0 Å². The Hall–Kier alpha value is -2.60. The van der Waals surface area contributed by atoms with Crippen molar-refractivity contribution < 1.29 is 28.7 Å². The fourth-order valence-corrected chi connectivity index (χ4v) is 1.86. The average Bonchev–Trinajstić information content (AvgIpc) is 2.59. The van der Waals surface area contributed by atoms with Crippen LogP contribution in [0.5, 0.6) is 0 Å². The number of benzene rings is 1. The molecule has 1 aromatic carbocycles. The molecule has 0 radical (unpaired) electrons. The van der Waals surface area contributed by atoms with E-state index in [-0.39, 0.29) is 11.4 Å². The van der Waals surface area contributed by atoms with E-state index >= 15 is 0 Å². The molecule has 6 amide bonds. The lowest BCUT2D eigenvalue weighted by atomic mass is 10.2. The second-order valence-electron chi connectivity index (χ2n) is 3.96. The highest BCUT2D eigenvalue weighted by Crippen LogP contribution is 2.31. The number of nitrogens with zero attached hydrogens (tertiary/aromatic N) is 2. The molecule has 0 bridgehead atoms. The molecule has 0 aliphatic rings. The van der Waals surface area contributed by atoms with Crippen LogP contribution in [0.15, 0.2) is 24.3 Å². The van der Waals surface area contributed by atoms with Gasteiger partial charge in [-0.05, 0) is 12.1 Å². The lowest BCUT2D eigenvalue weighted by molar-refractivity contribution is 0.170. The van der Waals surface area contributed by atoms with Crippen LogP contribution in [0.25, 0.3) is 0 Å². The number of ether oxygens (including phenoxy) is 2. The van der Waals surface area contributed by atoms with Gasteiger partial charge in [0.15, 0.2) is 0 Å². The third-order valence-electron chi connectivity index (χ3n) is 2.51. The molecule has 0 fully saturated rings. The molecule has 1 aromatic rings. The smallest absolute Gasteiger partial charge is 0.415 e. The summed E-state index contributed by atoms with van der Waals surface area (Å²) in [6.07, 6.45) is -1.97. The van der Waals surface area contributed by atoms with Crippen molar-refractivity contribution in [1.82, 2.24) is 10.6 Å². The Kier molecular flexibility index (Phi) is 7.20. The molecule has 0 unspecified atom stereocenters.